The van der Waals surface area contributed by atoms with E-state index < -0.39 is 17.7 Å². The number of amides is 2. The van der Waals surface area contributed by atoms with Crippen molar-refractivity contribution in [3.63, 3.8) is 0 Å². The van der Waals surface area contributed by atoms with E-state index in [1.807, 2.05) is 87.6 Å². The van der Waals surface area contributed by atoms with E-state index in [9.17, 15) is 9.59 Å². The Morgan fingerprint density at radius 3 is 2.52 bits per heavy atom. The van der Waals surface area contributed by atoms with E-state index in [0.29, 0.717) is 24.5 Å². The van der Waals surface area contributed by atoms with Gasteiger partial charge in [-0.05, 0) is 62.6 Å². The van der Waals surface area contributed by atoms with Crippen molar-refractivity contribution in [2.45, 2.75) is 51.4 Å². The molecule has 0 aliphatic carbocycles. The minimum atomic E-state index is -0.598. The molecule has 2 atom stereocenters. The van der Waals surface area contributed by atoms with Crippen LogP contribution < -0.4 is 16.0 Å². The number of aromatic nitrogens is 2. The molecule has 4 N–H and O–H groups in total. The SMILES string of the molecule is CC(C)(C)OC(=O)N[C@H](CSC[C@@H](Nc1ccccc1)C(=O)NCc1cccnc1)Cc1c[nH]c2ccccc12. The van der Waals surface area contributed by atoms with Crippen molar-refractivity contribution in [3.05, 3.63) is 96.4 Å². The first-order valence-corrected chi connectivity index (χ1v) is 14.5. The molecule has 9 heteroatoms. The summed E-state index contributed by atoms with van der Waals surface area (Å²) in [6.07, 6.45) is 5.61. The zero-order valence-corrected chi connectivity index (χ0v) is 24.0. The van der Waals surface area contributed by atoms with Gasteiger partial charge >= 0.3 is 6.09 Å². The van der Waals surface area contributed by atoms with Gasteiger partial charge in [0.15, 0.2) is 0 Å². The van der Waals surface area contributed by atoms with Gasteiger partial charge in [-0.1, -0.05) is 42.5 Å². The number of pyridine rings is 1. The third kappa shape index (κ3) is 9.05. The third-order valence-electron chi connectivity index (χ3n) is 6.09. The number of para-hydroxylation sites is 2. The van der Waals surface area contributed by atoms with Crippen molar-refractivity contribution in [1.29, 1.82) is 0 Å². The maximum absolute atomic E-state index is 13.2. The molecular weight excluding hydrogens is 522 g/mol. The normalized spacial score (nSPS) is 12.9. The Labute approximate surface area is 239 Å². The van der Waals surface area contributed by atoms with Gasteiger partial charge in [-0.2, -0.15) is 11.8 Å². The van der Waals surface area contributed by atoms with Gasteiger partial charge < -0.3 is 25.7 Å². The molecule has 0 fully saturated rings. The first kappa shape index (κ1) is 29.0. The van der Waals surface area contributed by atoms with Crippen LogP contribution in [-0.4, -0.2) is 51.2 Å². The maximum atomic E-state index is 13.2. The molecule has 0 aliphatic rings. The average molecular weight is 560 g/mol. The van der Waals surface area contributed by atoms with Gasteiger partial charge in [0.1, 0.15) is 11.6 Å². The Balaban J connectivity index is 1.43. The lowest BCUT2D eigenvalue weighted by molar-refractivity contribution is -0.121. The number of rotatable bonds is 12. The van der Waals surface area contributed by atoms with Crippen molar-refractivity contribution < 1.29 is 14.3 Å². The quantitative estimate of drug-likeness (QED) is 0.182. The van der Waals surface area contributed by atoms with E-state index in [1.165, 1.54) is 0 Å². The van der Waals surface area contributed by atoms with Gasteiger partial charge in [0.05, 0.1) is 0 Å². The number of anilines is 1. The van der Waals surface area contributed by atoms with Crippen molar-refractivity contribution >= 4 is 40.4 Å². The molecule has 40 heavy (non-hydrogen) atoms. The molecule has 2 amide bonds. The summed E-state index contributed by atoms with van der Waals surface area (Å²) in [4.78, 5) is 33.4. The smallest absolute Gasteiger partial charge is 0.407 e. The molecular formula is C31H37N5O3S. The largest absolute Gasteiger partial charge is 0.444 e. The molecule has 2 heterocycles. The molecule has 0 saturated heterocycles. The summed E-state index contributed by atoms with van der Waals surface area (Å²) in [7, 11) is 0. The van der Waals surface area contributed by atoms with Crippen LogP contribution in [0.5, 0.6) is 0 Å². The number of hydrogen-bond donors (Lipinski definition) is 4. The van der Waals surface area contributed by atoms with Gasteiger partial charge in [0, 0.05) is 59.3 Å². The highest BCUT2D eigenvalue weighted by molar-refractivity contribution is 7.99. The number of nitrogens with one attached hydrogen (secondary N) is 4. The van der Waals surface area contributed by atoms with E-state index in [2.05, 4.69) is 32.0 Å². The van der Waals surface area contributed by atoms with E-state index in [-0.39, 0.29) is 11.9 Å². The van der Waals surface area contributed by atoms with Crippen molar-refractivity contribution in [3.8, 4) is 0 Å². The monoisotopic (exact) mass is 559 g/mol. The molecule has 0 aliphatic heterocycles. The second-order valence-corrected chi connectivity index (χ2v) is 11.7. The summed E-state index contributed by atoms with van der Waals surface area (Å²) in [5.74, 6) is 1.00. The fourth-order valence-electron chi connectivity index (χ4n) is 4.25. The van der Waals surface area contributed by atoms with E-state index in [0.717, 1.165) is 27.7 Å². The minimum Gasteiger partial charge on any atom is -0.444 e. The summed E-state index contributed by atoms with van der Waals surface area (Å²) in [5.41, 5.74) is 3.37. The molecule has 8 nitrogen and oxygen atoms in total. The summed E-state index contributed by atoms with van der Waals surface area (Å²) >= 11 is 1.61. The summed E-state index contributed by atoms with van der Waals surface area (Å²) in [5, 5.41) is 10.6. The maximum Gasteiger partial charge on any atom is 0.407 e. The third-order valence-corrected chi connectivity index (χ3v) is 7.29. The molecule has 2 aromatic carbocycles. The lowest BCUT2D eigenvalue weighted by Gasteiger charge is -2.24. The van der Waals surface area contributed by atoms with Crippen LogP contribution in [0.4, 0.5) is 10.5 Å². The number of thioether (sulfide) groups is 1. The molecule has 210 valence electrons. The summed E-state index contributed by atoms with van der Waals surface area (Å²) in [6.45, 7) is 5.94. The predicted octanol–water partition coefficient (Wildman–Crippen LogP) is 5.53. The van der Waals surface area contributed by atoms with Gasteiger partial charge in [-0.25, -0.2) is 4.79 Å². The van der Waals surface area contributed by atoms with Crippen molar-refractivity contribution in [2.24, 2.45) is 0 Å². The standard InChI is InChI=1S/C31H37N5O3S/c1-31(2,3)39-30(38)36-25(16-23-19-33-27-14-8-7-13-26(23)27)20-40-21-28(35-24-11-5-4-6-12-24)29(37)34-18-22-10-9-15-32-17-22/h4-15,17,19,25,28,33,35H,16,18,20-21H2,1-3H3,(H,34,37)(H,36,38)/t25-,28+/m0/s1. The van der Waals surface area contributed by atoms with Crippen molar-refractivity contribution in [2.75, 3.05) is 16.8 Å². The number of ether oxygens (including phenoxy) is 1. The van der Waals surface area contributed by atoms with Gasteiger partial charge in [0.2, 0.25) is 5.91 Å². The van der Waals surface area contributed by atoms with Crippen LogP contribution in [-0.2, 0) is 22.5 Å². The summed E-state index contributed by atoms with van der Waals surface area (Å²) < 4.78 is 5.54. The number of H-pyrrole nitrogens is 1. The Bertz CT molecular complexity index is 1370. The van der Waals surface area contributed by atoms with E-state index in [1.54, 1.807) is 24.2 Å². The zero-order chi connectivity index (χ0) is 28.4. The lowest BCUT2D eigenvalue weighted by Crippen LogP contribution is -2.43. The van der Waals surface area contributed by atoms with Crippen LogP contribution in [0.1, 0.15) is 31.9 Å². The van der Waals surface area contributed by atoms with Gasteiger partial charge in [-0.15, -0.1) is 0 Å². The minimum absolute atomic E-state index is 0.103. The number of carbonyl (C=O) groups is 2. The van der Waals surface area contributed by atoms with Crippen LogP contribution in [0.25, 0.3) is 10.9 Å². The number of alkyl carbamates (subject to hydrolysis) is 1. The molecule has 4 aromatic rings. The molecule has 4 rings (SSSR count). The molecule has 2 aromatic heterocycles. The molecule has 0 saturated carbocycles. The zero-order valence-electron chi connectivity index (χ0n) is 23.1. The highest BCUT2D eigenvalue weighted by Gasteiger charge is 2.23. The Kier molecular flexibility index (Phi) is 10.1. The Morgan fingerprint density at radius 2 is 1.77 bits per heavy atom. The van der Waals surface area contributed by atoms with Crippen LogP contribution in [0.2, 0.25) is 0 Å². The summed E-state index contributed by atoms with van der Waals surface area (Å²) in [6, 6.07) is 20.9. The molecule has 0 radical (unpaired) electrons. The Morgan fingerprint density at radius 1 is 1.00 bits per heavy atom. The van der Waals surface area contributed by atoms with Crippen molar-refractivity contribution in [1.82, 2.24) is 20.6 Å². The first-order valence-electron chi connectivity index (χ1n) is 13.4. The van der Waals surface area contributed by atoms with Crippen LogP contribution in [0, 0.1) is 0 Å². The molecule has 0 bridgehead atoms. The van der Waals surface area contributed by atoms with Crippen LogP contribution in [0.15, 0.2) is 85.3 Å². The second kappa shape index (κ2) is 13.9. The topological polar surface area (TPSA) is 108 Å². The number of nitrogens with zero attached hydrogens (tertiary/aromatic N) is 1. The molecule has 0 spiro atoms. The fraction of sp³-hybridized carbons (Fsp3) is 0.323. The second-order valence-electron chi connectivity index (χ2n) is 10.6. The number of aromatic amines is 1. The highest BCUT2D eigenvalue weighted by atomic mass is 32.2. The van der Waals surface area contributed by atoms with Crippen LogP contribution >= 0.6 is 11.8 Å². The van der Waals surface area contributed by atoms with Crippen LogP contribution in [0.3, 0.4) is 0 Å². The molecule has 0 unspecified atom stereocenters. The highest BCUT2D eigenvalue weighted by Crippen LogP contribution is 2.21. The average Bonchev–Trinajstić information content (AvgIpc) is 3.34. The fourth-order valence-corrected chi connectivity index (χ4v) is 5.35. The Hall–Kier alpha value is -3.98. The van der Waals surface area contributed by atoms with E-state index in [4.69, 9.17) is 4.74 Å². The predicted molar refractivity (Wildman–Crippen MR) is 162 cm³/mol. The number of fused-ring (bicyclic) bond motifs is 1. The first-order chi connectivity index (χ1) is 19.3. The number of benzene rings is 2. The lowest BCUT2D eigenvalue weighted by atomic mass is 10.1. The number of carbonyl (C=O) groups excluding carboxylic acids is 2. The number of hydrogen-bond acceptors (Lipinski definition) is 6. The van der Waals surface area contributed by atoms with Gasteiger partial charge in [-0.3, -0.25) is 9.78 Å². The van der Waals surface area contributed by atoms with E-state index >= 15 is 0 Å². The van der Waals surface area contributed by atoms with Gasteiger partial charge in [0.25, 0.3) is 0 Å².